The lowest BCUT2D eigenvalue weighted by Gasteiger charge is -2.27. The van der Waals surface area contributed by atoms with Gasteiger partial charge in [0.1, 0.15) is 38.8 Å². The van der Waals surface area contributed by atoms with E-state index in [1.165, 1.54) is 0 Å². The molecule has 0 aliphatic carbocycles. The quantitative estimate of drug-likeness (QED) is 0.229. The minimum atomic E-state index is -4.37. The van der Waals surface area contributed by atoms with Crippen LogP contribution in [-0.4, -0.2) is 73.2 Å². The maximum Gasteiger partial charge on any atom is 0.341 e. The van der Waals surface area contributed by atoms with Crippen molar-refractivity contribution in [1.29, 1.82) is 0 Å². The van der Waals surface area contributed by atoms with Gasteiger partial charge in [-0.15, -0.1) is 0 Å². The van der Waals surface area contributed by atoms with Crippen LogP contribution in [0.15, 0.2) is 0 Å². The summed E-state index contributed by atoms with van der Waals surface area (Å²) in [5.41, 5.74) is 10.9. The molecule has 100 valence electrons. The summed E-state index contributed by atoms with van der Waals surface area (Å²) >= 11 is 0. The van der Waals surface area contributed by atoms with E-state index in [4.69, 9.17) is 11.5 Å². The average Bonchev–Trinajstić information content (AvgIpc) is 2.15. The molecule has 1 rings (SSSR count). The summed E-state index contributed by atoms with van der Waals surface area (Å²) in [7, 11) is -4.37. The smallest absolute Gasteiger partial charge is 0.341 e. The molecule has 8 nitrogen and oxygen atoms in total. The first-order valence-electron chi connectivity index (χ1n) is 5.36. The first-order chi connectivity index (χ1) is 7.78. The molecule has 6 N–H and O–H groups in total. The molecule has 1 atom stereocenters. The molecular formula is C8H19N4O4S+. The van der Waals surface area contributed by atoms with Crippen LogP contribution in [0.5, 0.6) is 0 Å². The predicted molar refractivity (Wildman–Crippen MR) is 59.5 cm³/mol. The monoisotopic (exact) mass is 267 g/mol. The van der Waals surface area contributed by atoms with Crippen LogP contribution in [0.1, 0.15) is 0 Å². The van der Waals surface area contributed by atoms with Gasteiger partial charge >= 0.3 is 5.96 Å². The lowest BCUT2D eigenvalue weighted by molar-refractivity contribution is -0.934. The SMILES string of the molecule is NC(N)=[N+]1CC[NH+](C[C@@H](O)CS(=O)(=O)[O-])CC1. The van der Waals surface area contributed by atoms with Crippen LogP contribution in [0.25, 0.3) is 0 Å². The van der Waals surface area contributed by atoms with Gasteiger partial charge < -0.3 is 14.6 Å². The lowest BCUT2D eigenvalue weighted by Crippen LogP contribution is -3.15. The van der Waals surface area contributed by atoms with Crippen LogP contribution in [0.4, 0.5) is 0 Å². The van der Waals surface area contributed by atoms with E-state index in [2.05, 4.69) is 0 Å². The third kappa shape index (κ3) is 5.31. The van der Waals surface area contributed by atoms with Crippen molar-refractivity contribution in [2.45, 2.75) is 6.10 Å². The molecule has 0 amide bonds. The van der Waals surface area contributed by atoms with Crippen LogP contribution >= 0.6 is 0 Å². The summed E-state index contributed by atoms with van der Waals surface area (Å²) in [5.74, 6) is -0.461. The van der Waals surface area contributed by atoms with E-state index in [0.717, 1.165) is 4.90 Å². The number of aliphatic hydroxyl groups is 1. The lowest BCUT2D eigenvalue weighted by atomic mass is 10.3. The van der Waals surface area contributed by atoms with Crippen molar-refractivity contribution in [3.63, 3.8) is 0 Å². The Morgan fingerprint density at radius 1 is 1.41 bits per heavy atom. The summed E-state index contributed by atoms with van der Waals surface area (Å²) in [6.45, 7) is 2.98. The molecule has 0 saturated carbocycles. The van der Waals surface area contributed by atoms with Crippen molar-refractivity contribution in [2.75, 3.05) is 38.5 Å². The Kier molecular flexibility index (Phi) is 4.69. The number of nitrogens with one attached hydrogen (secondary N) is 1. The molecule has 0 aromatic carbocycles. The Morgan fingerprint density at radius 3 is 2.35 bits per heavy atom. The molecule has 1 saturated heterocycles. The Hall–Kier alpha value is -0.900. The fourth-order valence-electron chi connectivity index (χ4n) is 1.91. The first kappa shape index (κ1) is 14.2. The molecule has 0 radical (unpaired) electrons. The molecule has 1 aliphatic heterocycles. The van der Waals surface area contributed by atoms with E-state index in [1.807, 2.05) is 4.58 Å². The number of nitrogens with two attached hydrogens (primary N) is 2. The number of aliphatic hydroxyl groups excluding tert-OH is 1. The van der Waals surface area contributed by atoms with Gasteiger partial charge in [-0.2, -0.15) is 0 Å². The average molecular weight is 267 g/mol. The number of piperazine rings is 1. The van der Waals surface area contributed by atoms with Crippen LogP contribution in [0.3, 0.4) is 0 Å². The number of nitrogens with zero attached hydrogens (tertiary/aromatic N) is 1. The summed E-state index contributed by atoms with van der Waals surface area (Å²) in [5, 5.41) is 9.44. The maximum atomic E-state index is 10.5. The molecule has 0 bridgehead atoms. The second-order valence-corrected chi connectivity index (χ2v) is 5.69. The van der Waals surface area contributed by atoms with E-state index in [1.54, 1.807) is 0 Å². The van der Waals surface area contributed by atoms with E-state index in [-0.39, 0.29) is 12.5 Å². The summed E-state index contributed by atoms with van der Waals surface area (Å²) in [6, 6.07) is 0. The van der Waals surface area contributed by atoms with Gasteiger partial charge in [0.25, 0.3) is 0 Å². The molecule has 1 fully saturated rings. The standard InChI is InChI=1S/C8H18N4O4S/c9-8(10)12-3-1-11(2-4-12)5-7(13)6-17(14,15)16/h7,13H,1-6H2,(H4,9,10,14,15,16)/p+1/t7-/m1/s1. The molecular weight excluding hydrogens is 248 g/mol. The van der Waals surface area contributed by atoms with Gasteiger partial charge in [-0.3, -0.25) is 16.0 Å². The van der Waals surface area contributed by atoms with Gasteiger partial charge in [0.15, 0.2) is 0 Å². The zero-order valence-corrected chi connectivity index (χ0v) is 10.3. The zero-order chi connectivity index (χ0) is 13.1. The van der Waals surface area contributed by atoms with Crippen LogP contribution in [-0.2, 0) is 10.1 Å². The van der Waals surface area contributed by atoms with Crippen LogP contribution in [0.2, 0.25) is 0 Å². The number of rotatable bonds is 4. The molecule has 1 heterocycles. The molecule has 0 unspecified atom stereocenters. The van der Waals surface area contributed by atoms with E-state index in [9.17, 15) is 18.1 Å². The van der Waals surface area contributed by atoms with Gasteiger partial charge in [-0.1, -0.05) is 0 Å². The number of hydrogen-bond donors (Lipinski definition) is 4. The highest BCUT2D eigenvalue weighted by atomic mass is 32.2. The van der Waals surface area contributed by atoms with Crippen LogP contribution < -0.4 is 16.4 Å². The van der Waals surface area contributed by atoms with Crippen molar-refractivity contribution in [3.05, 3.63) is 0 Å². The Balaban J connectivity index is 2.38. The van der Waals surface area contributed by atoms with E-state index < -0.39 is 22.0 Å². The third-order valence-electron chi connectivity index (χ3n) is 2.76. The van der Waals surface area contributed by atoms with Crippen molar-refractivity contribution in [3.8, 4) is 0 Å². The molecule has 0 aromatic rings. The van der Waals surface area contributed by atoms with Gasteiger partial charge in [0.2, 0.25) is 0 Å². The summed E-state index contributed by atoms with van der Waals surface area (Å²) in [4.78, 5) is 1.04. The van der Waals surface area contributed by atoms with Gasteiger partial charge in [0.05, 0.1) is 15.9 Å². The minimum Gasteiger partial charge on any atom is -0.748 e. The summed E-state index contributed by atoms with van der Waals surface area (Å²) in [6.07, 6.45) is -1.11. The van der Waals surface area contributed by atoms with Gasteiger partial charge in [-0.25, -0.2) is 8.42 Å². The first-order valence-corrected chi connectivity index (χ1v) is 6.93. The minimum absolute atomic E-state index is 0.250. The Labute approximate surface area is 100 Å². The molecule has 1 aliphatic rings. The zero-order valence-electron chi connectivity index (χ0n) is 9.50. The number of quaternary nitrogens is 1. The van der Waals surface area contributed by atoms with E-state index >= 15 is 0 Å². The Morgan fingerprint density at radius 2 is 1.94 bits per heavy atom. The highest BCUT2D eigenvalue weighted by molar-refractivity contribution is 7.85. The second kappa shape index (κ2) is 5.63. The Bertz CT molecular complexity index is 380. The molecule has 0 aromatic heterocycles. The third-order valence-corrected chi connectivity index (χ3v) is 3.55. The van der Waals surface area contributed by atoms with Crippen molar-refractivity contribution in [1.82, 2.24) is 0 Å². The number of guanidine groups is 1. The van der Waals surface area contributed by atoms with Crippen molar-refractivity contribution in [2.24, 2.45) is 11.5 Å². The predicted octanol–water partition coefficient (Wildman–Crippen LogP) is -4.92. The topological polar surface area (TPSA) is 137 Å². The molecule has 0 spiro atoms. The van der Waals surface area contributed by atoms with Gasteiger partial charge in [-0.05, 0) is 0 Å². The second-order valence-electron chi connectivity index (χ2n) is 4.24. The largest absolute Gasteiger partial charge is 0.748 e. The molecule has 9 heteroatoms. The fourth-order valence-corrected chi connectivity index (χ4v) is 2.50. The highest BCUT2D eigenvalue weighted by Crippen LogP contribution is 1.88. The van der Waals surface area contributed by atoms with Crippen LogP contribution in [0, 0.1) is 0 Å². The normalized spacial score (nSPS) is 23.4. The van der Waals surface area contributed by atoms with Crippen molar-refractivity contribution >= 4 is 16.1 Å². The highest BCUT2D eigenvalue weighted by Gasteiger charge is 2.23. The fraction of sp³-hybridized carbons (Fsp3) is 0.875. The summed E-state index contributed by atoms with van der Waals surface area (Å²) < 4.78 is 33.2. The van der Waals surface area contributed by atoms with E-state index in [0.29, 0.717) is 26.2 Å². The van der Waals surface area contributed by atoms with Gasteiger partial charge in [0, 0.05) is 0 Å². The number of hydrogen-bond acceptors (Lipinski definition) is 4. The maximum absolute atomic E-state index is 10.5. The van der Waals surface area contributed by atoms with Crippen molar-refractivity contribution < 1.29 is 27.6 Å². The molecule has 17 heavy (non-hydrogen) atoms.